The maximum Gasteiger partial charge on any atom is 0.387 e. The Hall–Kier alpha value is -3.62. The fraction of sp³-hybridized carbons (Fsp3) is 0.150. The average molecular weight is 403 g/mol. The maximum atomic E-state index is 13.1. The summed E-state index contributed by atoms with van der Waals surface area (Å²) < 4.78 is 43.2. The monoisotopic (exact) mass is 403 g/mol. The number of nitrogens with zero attached hydrogens (tertiary/aromatic N) is 2. The number of ether oxygens (including phenoxy) is 1. The predicted octanol–water partition coefficient (Wildman–Crippen LogP) is 3.46. The Labute approximate surface area is 163 Å². The summed E-state index contributed by atoms with van der Waals surface area (Å²) >= 11 is 0. The molecule has 1 atom stereocenters. The van der Waals surface area contributed by atoms with Crippen molar-refractivity contribution in [1.29, 1.82) is 0 Å². The number of nitrogens with one attached hydrogen (secondary N) is 1. The van der Waals surface area contributed by atoms with Crippen LogP contribution in [0.5, 0.6) is 5.75 Å². The van der Waals surface area contributed by atoms with Gasteiger partial charge in [-0.15, -0.1) is 0 Å². The van der Waals surface area contributed by atoms with Crippen LogP contribution in [0.1, 0.15) is 29.0 Å². The molecule has 6 nitrogen and oxygen atoms in total. The molecule has 29 heavy (non-hydrogen) atoms. The largest absolute Gasteiger partial charge is 0.435 e. The summed E-state index contributed by atoms with van der Waals surface area (Å²) in [7, 11) is 0. The Morgan fingerprint density at radius 1 is 1.10 bits per heavy atom. The van der Waals surface area contributed by atoms with Gasteiger partial charge in [0, 0.05) is 6.07 Å². The second-order valence-corrected chi connectivity index (χ2v) is 6.09. The van der Waals surface area contributed by atoms with Gasteiger partial charge < -0.3 is 10.1 Å². The van der Waals surface area contributed by atoms with Gasteiger partial charge in [-0.3, -0.25) is 9.59 Å². The lowest BCUT2D eigenvalue weighted by Gasteiger charge is -2.15. The molecule has 0 radical (unpaired) electrons. The molecule has 150 valence electrons. The van der Waals surface area contributed by atoms with E-state index in [9.17, 15) is 22.8 Å². The number of rotatable bonds is 6. The number of carbonyl (C=O) groups excluding carboxylic acids is 1. The molecule has 1 amide bonds. The SMILES string of the molecule is CC(NC(=O)c1ccc(=O)n(-c2ccc(F)cc2)n1)c1cccc(OC(F)F)c1. The molecule has 1 N–H and O–H groups in total. The van der Waals surface area contributed by atoms with Gasteiger partial charge in [-0.25, -0.2) is 4.39 Å². The van der Waals surface area contributed by atoms with E-state index in [4.69, 9.17) is 0 Å². The first-order valence-electron chi connectivity index (χ1n) is 8.55. The minimum atomic E-state index is -2.95. The summed E-state index contributed by atoms with van der Waals surface area (Å²) in [5.74, 6) is -1.07. The molecule has 2 aromatic carbocycles. The van der Waals surface area contributed by atoms with Crippen molar-refractivity contribution in [3.05, 3.63) is 88.1 Å². The zero-order chi connectivity index (χ0) is 21.0. The molecule has 0 spiro atoms. The Morgan fingerprint density at radius 3 is 2.52 bits per heavy atom. The first kappa shape index (κ1) is 20.1. The molecule has 1 unspecified atom stereocenters. The number of benzene rings is 2. The van der Waals surface area contributed by atoms with Crippen molar-refractivity contribution in [1.82, 2.24) is 15.1 Å². The van der Waals surface area contributed by atoms with Crippen molar-refractivity contribution in [2.45, 2.75) is 19.6 Å². The lowest BCUT2D eigenvalue weighted by Crippen LogP contribution is -2.30. The highest BCUT2D eigenvalue weighted by molar-refractivity contribution is 5.92. The van der Waals surface area contributed by atoms with Gasteiger partial charge in [-0.05, 0) is 55.0 Å². The lowest BCUT2D eigenvalue weighted by atomic mass is 10.1. The van der Waals surface area contributed by atoms with Gasteiger partial charge >= 0.3 is 6.61 Å². The van der Waals surface area contributed by atoms with Crippen molar-refractivity contribution >= 4 is 5.91 Å². The fourth-order valence-electron chi connectivity index (χ4n) is 2.61. The highest BCUT2D eigenvalue weighted by Crippen LogP contribution is 2.21. The lowest BCUT2D eigenvalue weighted by molar-refractivity contribution is -0.0499. The summed E-state index contributed by atoms with van der Waals surface area (Å²) in [6.45, 7) is -1.29. The second kappa shape index (κ2) is 8.59. The van der Waals surface area contributed by atoms with Crippen LogP contribution >= 0.6 is 0 Å². The van der Waals surface area contributed by atoms with E-state index in [1.165, 1.54) is 54.6 Å². The quantitative estimate of drug-likeness (QED) is 0.684. The normalized spacial score (nSPS) is 11.9. The van der Waals surface area contributed by atoms with Gasteiger partial charge in [0.1, 0.15) is 17.3 Å². The van der Waals surface area contributed by atoms with Gasteiger partial charge in [-0.1, -0.05) is 12.1 Å². The fourth-order valence-corrected chi connectivity index (χ4v) is 2.61. The minimum Gasteiger partial charge on any atom is -0.435 e. The van der Waals surface area contributed by atoms with Crippen LogP contribution < -0.4 is 15.6 Å². The van der Waals surface area contributed by atoms with Gasteiger partial charge in [0.05, 0.1) is 11.7 Å². The van der Waals surface area contributed by atoms with E-state index in [2.05, 4.69) is 15.2 Å². The summed E-state index contributed by atoms with van der Waals surface area (Å²) in [6.07, 6.45) is 0. The first-order chi connectivity index (χ1) is 13.8. The molecule has 0 saturated heterocycles. The zero-order valence-electron chi connectivity index (χ0n) is 15.2. The molecule has 0 aliphatic carbocycles. The third kappa shape index (κ3) is 5.01. The molecule has 0 aliphatic heterocycles. The highest BCUT2D eigenvalue weighted by Gasteiger charge is 2.15. The van der Waals surface area contributed by atoms with Crippen LogP contribution in [-0.2, 0) is 0 Å². The van der Waals surface area contributed by atoms with Crippen molar-refractivity contribution in [3.8, 4) is 11.4 Å². The summed E-state index contributed by atoms with van der Waals surface area (Å²) in [5.41, 5.74) is 0.318. The molecule has 0 bridgehead atoms. The topological polar surface area (TPSA) is 73.2 Å². The van der Waals surface area contributed by atoms with E-state index < -0.39 is 29.9 Å². The van der Waals surface area contributed by atoms with E-state index in [0.717, 1.165) is 4.68 Å². The van der Waals surface area contributed by atoms with Crippen LogP contribution in [0.25, 0.3) is 5.69 Å². The van der Waals surface area contributed by atoms with Crippen molar-refractivity contribution in [2.75, 3.05) is 0 Å². The average Bonchev–Trinajstić information content (AvgIpc) is 2.68. The molecular weight excluding hydrogens is 387 g/mol. The predicted molar refractivity (Wildman–Crippen MR) is 98.7 cm³/mol. The molecule has 1 aromatic heterocycles. The van der Waals surface area contributed by atoms with E-state index in [-0.39, 0.29) is 11.4 Å². The molecule has 3 aromatic rings. The number of aromatic nitrogens is 2. The number of carbonyl (C=O) groups is 1. The van der Waals surface area contributed by atoms with Gasteiger partial charge in [-0.2, -0.15) is 18.6 Å². The van der Waals surface area contributed by atoms with Crippen LogP contribution in [0.15, 0.2) is 65.5 Å². The van der Waals surface area contributed by atoms with Gasteiger partial charge in [0.15, 0.2) is 0 Å². The van der Waals surface area contributed by atoms with Gasteiger partial charge in [0.2, 0.25) is 0 Å². The summed E-state index contributed by atoms with van der Waals surface area (Å²) in [5, 5.41) is 6.70. The van der Waals surface area contributed by atoms with E-state index in [0.29, 0.717) is 11.3 Å². The smallest absolute Gasteiger partial charge is 0.387 e. The minimum absolute atomic E-state index is 0.0263. The van der Waals surface area contributed by atoms with Gasteiger partial charge in [0.25, 0.3) is 11.5 Å². The van der Waals surface area contributed by atoms with Crippen LogP contribution in [0, 0.1) is 5.82 Å². The third-order valence-electron chi connectivity index (χ3n) is 4.03. The first-order valence-corrected chi connectivity index (χ1v) is 8.55. The van der Waals surface area contributed by atoms with Crippen molar-refractivity contribution < 1.29 is 22.7 Å². The van der Waals surface area contributed by atoms with E-state index in [1.54, 1.807) is 13.0 Å². The molecule has 3 rings (SSSR count). The summed E-state index contributed by atoms with van der Waals surface area (Å²) in [6, 6.07) is 12.9. The molecule has 1 heterocycles. The molecule has 0 fully saturated rings. The number of alkyl halides is 2. The van der Waals surface area contributed by atoms with Crippen molar-refractivity contribution in [3.63, 3.8) is 0 Å². The Morgan fingerprint density at radius 2 is 1.83 bits per heavy atom. The molecular formula is C20H16F3N3O3. The summed E-state index contributed by atoms with van der Waals surface area (Å²) in [4.78, 5) is 24.6. The van der Waals surface area contributed by atoms with Crippen molar-refractivity contribution in [2.24, 2.45) is 0 Å². The van der Waals surface area contributed by atoms with Crippen LogP contribution in [0.4, 0.5) is 13.2 Å². The van der Waals surface area contributed by atoms with E-state index >= 15 is 0 Å². The molecule has 0 aliphatic rings. The standard InChI is InChI=1S/C20H16F3N3O3/c1-12(13-3-2-4-16(11-13)29-20(22)23)24-19(28)17-9-10-18(27)26(25-17)15-7-5-14(21)6-8-15/h2-12,20H,1H3,(H,24,28). The van der Waals surface area contributed by atoms with E-state index in [1.807, 2.05) is 0 Å². The third-order valence-corrected chi connectivity index (χ3v) is 4.03. The number of hydrogen-bond acceptors (Lipinski definition) is 4. The number of amides is 1. The Kier molecular flexibility index (Phi) is 5.96. The number of hydrogen-bond donors (Lipinski definition) is 1. The van der Waals surface area contributed by atoms with Crippen LogP contribution in [0.2, 0.25) is 0 Å². The van der Waals surface area contributed by atoms with Crippen LogP contribution in [0.3, 0.4) is 0 Å². The molecule has 0 saturated carbocycles. The Bertz CT molecular complexity index is 1070. The zero-order valence-corrected chi connectivity index (χ0v) is 15.2. The molecule has 9 heteroatoms. The highest BCUT2D eigenvalue weighted by atomic mass is 19.3. The Balaban J connectivity index is 1.79. The number of halogens is 3. The van der Waals surface area contributed by atoms with Crippen LogP contribution in [-0.4, -0.2) is 22.3 Å². The maximum absolute atomic E-state index is 13.1. The second-order valence-electron chi connectivity index (χ2n) is 6.09.